The van der Waals surface area contributed by atoms with Gasteiger partial charge in [0.25, 0.3) is 0 Å². The lowest BCUT2D eigenvalue weighted by molar-refractivity contribution is 0.134. The number of hydrogen-bond acceptors (Lipinski definition) is 2. The topological polar surface area (TPSA) is 9.23 Å². The zero-order chi connectivity index (χ0) is 12.7. The smallest absolute Gasteiger partial charge is 0.0725 e. The monoisotopic (exact) mass is 322 g/mol. The number of rotatable bonds is 2. The van der Waals surface area contributed by atoms with Crippen molar-refractivity contribution in [2.45, 2.75) is 31.9 Å². The molecule has 0 fully saturated rings. The maximum absolute atomic E-state index is 5.47. The van der Waals surface area contributed by atoms with E-state index in [4.69, 9.17) is 4.74 Å². The summed E-state index contributed by atoms with van der Waals surface area (Å²) in [7, 11) is 0. The van der Waals surface area contributed by atoms with Crippen molar-refractivity contribution in [2.75, 3.05) is 0 Å². The van der Waals surface area contributed by atoms with Crippen LogP contribution in [0.5, 0.6) is 0 Å². The first-order chi connectivity index (χ1) is 8.65. The zero-order valence-corrected chi connectivity index (χ0v) is 12.9. The highest BCUT2D eigenvalue weighted by atomic mass is 79.9. The first-order valence-electron chi connectivity index (χ1n) is 6.05. The Morgan fingerprint density at radius 1 is 1.17 bits per heavy atom. The van der Waals surface area contributed by atoms with E-state index in [1.165, 1.54) is 32.0 Å². The molecule has 1 aromatic heterocycles. The molecule has 0 saturated heterocycles. The first kappa shape index (κ1) is 12.4. The second kappa shape index (κ2) is 4.80. The Bertz CT molecular complexity index is 588. The quantitative estimate of drug-likeness (QED) is 0.716. The van der Waals surface area contributed by atoms with Gasteiger partial charge in [0.1, 0.15) is 0 Å². The molecule has 0 radical (unpaired) electrons. The van der Waals surface area contributed by atoms with Crippen molar-refractivity contribution in [2.24, 2.45) is 0 Å². The summed E-state index contributed by atoms with van der Waals surface area (Å²) in [5, 5.41) is 0. The average Bonchev–Trinajstić information content (AvgIpc) is 2.93. The molecule has 1 aliphatic rings. The van der Waals surface area contributed by atoms with E-state index in [2.05, 4.69) is 54.0 Å². The minimum Gasteiger partial charge on any atom is -0.372 e. The minimum atomic E-state index is 0.286. The van der Waals surface area contributed by atoms with Gasteiger partial charge in [-0.3, -0.25) is 0 Å². The van der Waals surface area contributed by atoms with Gasteiger partial charge in [-0.05, 0) is 42.2 Å². The second-order valence-corrected chi connectivity index (χ2v) is 7.13. The predicted octanol–water partition coefficient (Wildman–Crippen LogP) is 4.88. The summed E-state index contributed by atoms with van der Waals surface area (Å²) in [6, 6.07) is 8.96. The van der Waals surface area contributed by atoms with E-state index < -0.39 is 0 Å². The lowest BCUT2D eigenvalue weighted by atomic mass is 10.0. The average molecular weight is 323 g/mol. The third-order valence-corrected chi connectivity index (χ3v) is 5.39. The highest BCUT2D eigenvalue weighted by molar-refractivity contribution is 9.09. The van der Waals surface area contributed by atoms with E-state index in [9.17, 15) is 0 Å². The van der Waals surface area contributed by atoms with Crippen LogP contribution in [0, 0.1) is 13.8 Å². The van der Waals surface area contributed by atoms with Crippen LogP contribution in [0.3, 0.4) is 0 Å². The summed E-state index contributed by atoms with van der Waals surface area (Å²) in [6.45, 7) is 5.87. The van der Waals surface area contributed by atoms with Gasteiger partial charge in [0.15, 0.2) is 0 Å². The molecule has 94 valence electrons. The molecule has 0 N–H and O–H groups in total. The van der Waals surface area contributed by atoms with Gasteiger partial charge in [0.2, 0.25) is 0 Å². The van der Waals surface area contributed by atoms with Crippen LogP contribution in [0.2, 0.25) is 0 Å². The van der Waals surface area contributed by atoms with Gasteiger partial charge in [0, 0.05) is 9.75 Å². The Balaban J connectivity index is 1.97. The molecule has 2 aromatic rings. The molecule has 1 atom stereocenters. The molecule has 0 saturated carbocycles. The molecule has 1 aliphatic heterocycles. The maximum atomic E-state index is 5.47. The van der Waals surface area contributed by atoms with Crippen molar-refractivity contribution in [3.8, 4) is 0 Å². The van der Waals surface area contributed by atoms with Gasteiger partial charge in [0.05, 0.1) is 18.0 Å². The van der Waals surface area contributed by atoms with Crippen molar-refractivity contribution < 1.29 is 4.74 Å². The highest BCUT2D eigenvalue weighted by Gasteiger charge is 2.18. The normalized spacial score (nSPS) is 15.7. The molecule has 3 heteroatoms. The number of hydrogen-bond donors (Lipinski definition) is 0. The minimum absolute atomic E-state index is 0.286. The fourth-order valence-corrected chi connectivity index (χ4v) is 4.31. The number of halogens is 1. The van der Waals surface area contributed by atoms with Crippen LogP contribution in [0.1, 0.15) is 36.8 Å². The van der Waals surface area contributed by atoms with Crippen LogP contribution < -0.4 is 0 Å². The molecule has 0 bridgehead atoms. The molecule has 1 aromatic carbocycles. The summed E-state index contributed by atoms with van der Waals surface area (Å²) in [5.74, 6) is 0. The number of alkyl halides is 1. The number of thiophene rings is 1. The van der Waals surface area contributed by atoms with Gasteiger partial charge in [-0.1, -0.05) is 34.1 Å². The Labute approximate surface area is 120 Å². The molecular weight excluding hydrogens is 308 g/mol. The van der Waals surface area contributed by atoms with Crippen LogP contribution in [0.25, 0.3) is 0 Å². The molecule has 0 aliphatic carbocycles. The second-order valence-electron chi connectivity index (χ2n) is 4.75. The lowest BCUT2D eigenvalue weighted by Gasteiger charge is -2.11. The summed E-state index contributed by atoms with van der Waals surface area (Å²) >= 11 is 5.70. The summed E-state index contributed by atoms with van der Waals surface area (Å²) in [6.07, 6.45) is 0. The van der Waals surface area contributed by atoms with Crippen LogP contribution in [-0.4, -0.2) is 0 Å². The van der Waals surface area contributed by atoms with Crippen LogP contribution >= 0.6 is 27.3 Å². The molecule has 2 heterocycles. The third-order valence-electron chi connectivity index (χ3n) is 3.39. The predicted molar refractivity (Wildman–Crippen MR) is 79.5 cm³/mol. The molecule has 0 spiro atoms. The van der Waals surface area contributed by atoms with Crippen molar-refractivity contribution in [3.63, 3.8) is 0 Å². The summed E-state index contributed by atoms with van der Waals surface area (Å²) in [4.78, 5) is 3.05. The molecule has 0 amide bonds. The fourth-order valence-electron chi connectivity index (χ4n) is 2.43. The molecular formula is C15H15BrOS. The first-order valence-corrected chi connectivity index (χ1v) is 7.79. The highest BCUT2D eigenvalue weighted by Crippen LogP contribution is 2.37. The SMILES string of the molecule is Cc1cc(C(Br)c2ccc3c(c2)COC3)c(C)s1. The van der Waals surface area contributed by atoms with E-state index in [-0.39, 0.29) is 4.83 Å². The standard InChI is InChI=1S/C15H15BrOS/c1-9-5-14(10(2)18-9)15(16)11-3-4-12-7-17-8-13(12)6-11/h3-6,15H,7-8H2,1-2H3. The van der Waals surface area contributed by atoms with Crippen LogP contribution in [0.15, 0.2) is 24.3 Å². The summed E-state index contributed by atoms with van der Waals surface area (Å²) in [5.41, 5.74) is 5.37. The van der Waals surface area contributed by atoms with Gasteiger partial charge >= 0.3 is 0 Å². The van der Waals surface area contributed by atoms with Crippen LogP contribution in [-0.2, 0) is 18.0 Å². The van der Waals surface area contributed by atoms with Crippen LogP contribution in [0.4, 0.5) is 0 Å². The lowest BCUT2D eigenvalue weighted by Crippen LogP contribution is -1.94. The summed E-state index contributed by atoms with van der Waals surface area (Å²) < 4.78 is 5.47. The Morgan fingerprint density at radius 3 is 2.67 bits per heavy atom. The van der Waals surface area contributed by atoms with Gasteiger partial charge < -0.3 is 4.74 Å². The Morgan fingerprint density at radius 2 is 1.94 bits per heavy atom. The Kier molecular flexibility index (Phi) is 3.31. The van der Waals surface area contributed by atoms with Gasteiger partial charge in [-0.2, -0.15) is 0 Å². The fraction of sp³-hybridized carbons (Fsp3) is 0.333. The molecule has 18 heavy (non-hydrogen) atoms. The van der Waals surface area contributed by atoms with Gasteiger partial charge in [-0.25, -0.2) is 0 Å². The number of ether oxygens (including phenoxy) is 1. The maximum Gasteiger partial charge on any atom is 0.0725 e. The van der Waals surface area contributed by atoms with E-state index in [0.717, 1.165) is 13.2 Å². The number of benzene rings is 1. The van der Waals surface area contributed by atoms with Crippen molar-refractivity contribution in [3.05, 3.63) is 56.3 Å². The third kappa shape index (κ3) is 2.15. The number of fused-ring (bicyclic) bond motifs is 1. The molecule has 1 unspecified atom stereocenters. The van der Waals surface area contributed by atoms with E-state index in [0.29, 0.717) is 0 Å². The molecule has 1 nitrogen and oxygen atoms in total. The van der Waals surface area contributed by atoms with Gasteiger partial charge in [-0.15, -0.1) is 11.3 Å². The van der Waals surface area contributed by atoms with E-state index in [1.54, 1.807) is 0 Å². The van der Waals surface area contributed by atoms with E-state index >= 15 is 0 Å². The molecule has 3 rings (SSSR count). The zero-order valence-electron chi connectivity index (χ0n) is 10.5. The van der Waals surface area contributed by atoms with E-state index in [1.807, 2.05) is 11.3 Å². The number of aryl methyl sites for hydroxylation is 2. The van der Waals surface area contributed by atoms with Crippen molar-refractivity contribution in [1.82, 2.24) is 0 Å². The van der Waals surface area contributed by atoms with Crippen molar-refractivity contribution >= 4 is 27.3 Å². The largest absolute Gasteiger partial charge is 0.372 e. The Hall–Kier alpha value is -0.640. The van der Waals surface area contributed by atoms with Crippen molar-refractivity contribution in [1.29, 1.82) is 0 Å².